The molecule has 6 nitrogen and oxygen atoms in total. The van der Waals surface area contributed by atoms with Crippen LogP contribution in [0.15, 0.2) is 24.3 Å². The standard InChI is InChI=1S/C16H23N3O3/c1-19(2)16(21)11-22-14-7-5-12(6-8-14)18-15(20)10-13-4-3-9-17-13/h5-8,13,17H,3-4,9-11H2,1-2H3,(H,18,20). The summed E-state index contributed by atoms with van der Waals surface area (Å²) in [6, 6.07) is 7.32. The van der Waals surface area contributed by atoms with E-state index < -0.39 is 0 Å². The molecule has 2 N–H and O–H groups in total. The average Bonchev–Trinajstić information content (AvgIpc) is 2.98. The Labute approximate surface area is 130 Å². The van der Waals surface area contributed by atoms with Gasteiger partial charge in [-0.25, -0.2) is 0 Å². The van der Waals surface area contributed by atoms with Gasteiger partial charge in [0.1, 0.15) is 5.75 Å². The lowest BCUT2D eigenvalue weighted by atomic mass is 10.1. The van der Waals surface area contributed by atoms with Crippen molar-refractivity contribution < 1.29 is 14.3 Å². The zero-order valence-electron chi connectivity index (χ0n) is 13.1. The summed E-state index contributed by atoms with van der Waals surface area (Å²) in [7, 11) is 3.37. The van der Waals surface area contributed by atoms with E-state index in [0.717, 1.165) is 25.1 Å². The summed E-state index contributed by atoms with van der Waals surface area (Å²) in [5.74, 6) is 0.517. The van der Waals surface area contributed by atoms with Crippen LogP contribution in [0.2, 0.25) is 0 Å². The summed E-state index contributed by atoms with van der Waals surface area (Å²) in [5.41, 5.74) is 0.731. The number of nitrogens with zero attached hydrogens (tertiary/aromatic N) is 1. The lowest BCUT2D eigenvalue weighted by molar-refractivity contribution is -0.130. The van der Waals surface area contributed by atoms with Gasteiger partial charge in [-0.3, -0.25) is 9.59 Å². The third-order valence-corrected chi connectivity index (χ3v) is 3.59. The van der Waals surface area contributed by atoms with Gasteiger partial charge in [-0.15, -0.1) is 0 Å². The first-order valence-electron chi connectivity index (χ1n) is 7.51. The first-order valence-corrected chi connectivity index (χ1v) is 7.51. The SMILES string of the molecule is CN(C)C(=O)COc1ccc(NC(=O)CC2CCCN2)cc1. The zero-order chi connectivity index (χ0) is 15.9. The number of ether oxygens (including phenoxy) is 1. The first kappa shape index (κ1) is 16.3. The van der Waals surface area contributed by atoms with E-state index in [-0.39, 0.29) is 18.4 Å². The number of likely N-dealkylation sites (N-methyl/N-ethyl adjacent to an activating group) is 1. The van der Waals surface area contributed by atoms with E-state index in [4.69, 9.17) is 4.74 Å². The van der Waals surface area contributed by atoms with Crippen LogP contribution in [-0.4, -0.2) is 50.0 Å². The molecule has 2 rings (SSSR count). The van der Waals surface area contributed by atoms with Crippen molar-refractivity contribution >= 4 is 17.5 Å². The van der Waals surface area contributed by atoms with Gasteiger partial charge in [0.2, 0.25) is 5.91 Å². The van der Waals surface area contributed by atoms with Gasteiger partial charge in [0.15, 0.2) is 6.61 Å². The maximum Gasteiger partial charge on any atom is 0.259 e. The molecule has 22 heavy (non-hydrogen) atoms. The predicted molar refractivity (Wildman–Crippen MR) is 84.9 cm³/mol. The van der Waals surface area contributed by atoms with Crippen LogP contribution < -0.4 is 15.4 Å². The van der Waals surface area contributed by atoms with E-state index >= 15 is 0 Å². The molecule has 1 aromatic carbocycles. The van der Waals surface area contributed by atoms with E-state index in [2.05, 4.69) is 10.6 Å². The molecule has 1 heterocycles. The van der Waals surface area contributed by atoms with E-state index in [1.165, 1.54) is 4.90 Å². The molecule has 1 unspecified atom stereocenters. The molecule has 1 aliphatic rings. The second-order valence-corrected chi connectivity index (χ2v) is 5.65. The minimum atomic E-state index is -0.0959. The third-order valence-electron chi connectivity index (χ3n) is 3.59. The fourth-order valence-corrected chi connectivity index (χ4v) is 2.28. The third kappa shape index (κ3) is 5.04. The van der Waals surface area contributed by atoms with Crippen molar-refractivity contribution in [2.75, 3.05) is 32.6 Å². The largest absolute Gasteiger partial charge is 0.484 e. The van der Waals surface area contributed by atoms with E-state index in [1.807, 2.05) is 0 Å². The average molecular weight is 305 g/mol. The molecule has 1 saturated heterocycles. The summed E-state index contributed by atoms with van der Waals surface area (Å²) in [5, 5.41) is 6.17. The number of carbonyl (C=O) groups excluding carboxylic acids is 2. The molecule has 0 aromatic heterocycles. The molecule has 0 spiro atoms. The number of amides is 2. The molecule has 1 fully saturated rings. The molecular weight excluding hydrogens is 282 g/mol. The van der Waals surface area contributed by atoms with Gasteiger partial charge in [0.05, 0.1) is 0 Å². The van der Waals surface area contributed by atoms with Crippen molar-refractivity contribution in [1.82, 2.24) is 10.2 Å². The summed E-state index contributed by atoms with van der Waals surface area (Å²) in [4.78, 5) is 24.8. The minimum Gasteiger partial charge on any atom is -0.484 e. The highest BCUT2D eigenvalue weighted by Crippen LogP contribution is 2.17. The summed E-state index contributed by atoms with van der Waals surface area (Å²) in [6.07, 6.45) is 2.69. The van der Waals surface area contributed by atoms with Gasteiger partial charge < -0.3 is 20.3 Å². The summed E-state index contributed by atoms with van der Waals surface area (Å²) >= 11 is 0. The Hall–Kier alpha value is -2.08. The molecule has 1 aromatic rings. The van der Waals surface area contributed by atoms with Crippen LogP contribution in [0, 0.1) is 0 Å². The van der Waals surface area contributed by atoms with Gasteiger partial charge in [-0.2, -0.15) is 0 Å². The van der Waals surface area contributed by atoms with Crippen molar-refractivity contribution in [3.05, 3.63) is 24.3 Å². The topological polar surface area (TPSA) is 70.7 Å². The summed E-state index contributed by atoms with van der Waals surface area (Å²) in [6.45, 7) is 1.00. The van der Waals surface area contributed by atoms with Crippen molar-refractivity contribution in [3.8, 4) is 5.75 Å². The Balaban J connectivity index is 1.78. The highest BCUT2D eigenvalue weighted by Gasteiger charge is 2.17. The number of rotatable bonds is 6. The molecule has 1 atom stereocenters. The number of hydrogen-bond acceptors (Lipinski definition) is 4. The van der Waals surface area contributed by atoms with Crippen molar-refractivity contribution in [1.29, 1.82) is 0 Å². The molecular formula is C16H23N3O3. The van der Waals surface area contributed by atoms with Crippen molar-refractivity contribution in [2.24, 2.45) is 0 Å². The van der Waals surface area contributed by atoms with Crippen LogP contribution in [0.4, 0.5) is 5.69 Å². The van der Waals surface area contributed by atoms with Crippen LogP contribution in [0.3, 0.4) is 0 Å². The fraction of sp³-hybridized carbons (Fsp3) is 0.500. The molecule has 0 bridgehead atoms. The van der Waals surface area contributed by atoms with Gasteiger partial charge in [-0.05, 0) is 43.7 Å². The normalized spacial score (nSPS) is 17.1. The Morgan fingerprint density at radius 3 is 2.64 bits per heavy atom. The predicted octanol–water partition coefficient (Wildman–Crippen LogP) is 1.23. The zero-order valence-corrected chi connectivity index (χ0v) is 13.1. The smallest absolute Gasteiger partial charge is 0.259 e. The van der Waals surface area contributed by atoms with Crippen LogP contribution in [0.1, 0.15) is 19.3 Å². The molecule has 120 valence electrons. The molecule has 6 heteroatoms. The lowest BCUT2D eigenvalue weighted by Crippen LogP contribution is -2.27. The quantitative estimate of drug-likeness (QED) is 0.829. The Kier molecular flexibility index (Phi) is 5.77. The van der Waals surface area contributed by atoms with Crippen molar-refractivity contribution in [3.63, 3.8) is 0 Å². The monoisotopic (exact) mass is 305 g/mol. The van der Waals surface area contributed by atoms with Gasteiger partial charge in [0, 0.05) is 32.2 Å². The highest BCUT2D eigenvalue weighted by molar-refractivity contribution is 5.91. The lowest BCUT2D eigenvalue weighted by Gasteiger charge is -2.12. The highest BCUT2D eigenvalue weighted by atomic mass is 16.5. The van der Waals surface area contributed by atoms with Gasteiger partial charge in [-0.1, -0.05) is 0 Å². The number of carbonyl (C=O) groups is 2. The van der Waals surface area contributed by atoms with E-state index in [0.29, 0.717) is 18.2 Å². The van der Waals surface area contributed by atoms with Gasteiger partial charge in [0.25, 0.3) is 5.91 Å². The second-order valence-electron chi connectivity index (χ2n) is 5.65. The van der Waals surface area contributed by atoms with Crippen LogP contribution in [0.25, 0.3) is 0 Å². The van der Waals surface area contributed by atoms with Crippen LogP contribution in [-0.2, 0) is 9.59 Å². The number of benzene rings is 1. The van der Waals surface area contributed by atoms with Crippen LogP contribution >= 0.6 is 0 Å². The molecule has 2 amide bonds. The molecule has 0 saturated carbocycles. The van der Waals surface area contributed by atoms with Crippen LogP contribution in [0.5, 0.6) is 5.75 Å². The molecule has 1 aliphatic heterocycles. The first-order chi connectivity index (χ1) is 10.5. The number of nitrogens with one attached hydrogen (secondary N) is 2. The Bertz CT molecular complexity index is 508. The molecule has 0 radical (unpaired) electrons. The maximum absolute atomic E-state index is 11.9. The summed E-state index contributed by atoms with van der Waals surface area (Å²) < 4.78 is 5.38. The number of anilines is 1. The maximum atomic E-state index is 11.9. The Morgan fingerprint density at radius 1 is 1.32 bits per heavy atom. The minimum absolute atomic E-state index is 0.00601. The molecule has 0 aliphatic carbocycles. The fourth-order valence-electron chi connectivity index (χ4n) is 2.28. The Morgan fingerprint density at radius 2 is 2.05 bits per heavy atom. The number of hydrogen-bond donors (Lipinski definition) is 2. The van der Waals surface area contributed by atoms with E-state index in [1.54, 1.807) is 38.4 Å². The second kappa shape index (κ2) is 7.79. The van der Waals surface area contributed by atoms with Gasteiger partial charge >= 0.3 is 0 Å². The van der Waals surface area contributed by atoms with Crippen molar-refractivity contribution in [2.45, 2.75) is 25.3 Å². The van der Waals surface area contributed by atoms with E-state index in [9.17, 15) is 9.59 Å².